The SMILES string of the molecule is CCOCCn1cnc2c(N)nc3ccccc3c21.OC1CCCC1. The normalized spacial score (nSPS) is 14.8. The summed E-state index contributed by atoms with van der Waals surface area (Å²) in [5.41, 5.74) is 8.66. The van der Waals surface area contributed by atoms with Crippen molar-refractivity contribution in [2.75, 3.05) is 18.9 Å². The Morgan fingerprint density at radius 2 is 2.04 bits per heavy atom. The average Bonchev–Trinajstić information content (AvgIpc) is 3.26. The van der Waals surface area contributed by atoms with Crippen LogP contribution in [0.1, 0.15) is 32.6 Å². The molecular weight excluding hydrogens is 316 g/mol. The quantitative estimate of drug-likeness (QED) is 0.712. The molecule has 25 heavy (non-hydrogen) atoms. The summed E-state index contributed by atoms with van der Waals surface area (Å²) in [6.45, 7) is 4.14. The fourth-order valence-electron chi connectivity index (χ4n) is 3.19. The number of ether oxygens (including phenoxy) is 1. The van der Waals surface area contributed by atoms with Crippen LogP contribution in [0, 0.1) is 0 Å². The molecule has 1 aliphatic carbocycles. The van der Waals surface area contributed by atoms with Crippen molar-refractivity contribution in [2.24, 2.45) is 0 Å². The zero-order valence-corrected chi connectivity index (χ0v) is 14.7. The van der Waals surface area contributed by atoms with Crippen LogP contribution in [0.4, 0.5) is 5.82 Å². The Balaban J connectivity index is 0.000000258. The van der Waals surface area contributed by atoms with Gasteiger partial charge in [0.2, 0.25) is 0 Å². The molecule has 0 saturated heterocycles. The molecule has 134 valence electrons. The van der Waals surface area contributed by atoms with Crippen molar-refractivity contribution in [1.29, 1.82) is 0 Å². The van der Waals surface area contributed by atoms with Gasteiger partial charge in [0, 0.05) is 18.5 Å². The van der Waals surface area contributed by atoms with Crippen molar-refractivity contribution < 1.29 is 9.84 Å². The Labute approximate surface area is 147 Å². The minimum Gasteiger partial charge on any atom is -0.393 e. The number of nitrogen functional groups attached to an aromatic ring is 1. The van der Waals surface area contributed by atoms with Crippen LogP contribution < -0.4 is 5.73 Å². The molecule has 6 nitrogen and oxygen atoms in total. The Morgan fingerprint density at radius 1 is 1.28 bits per heavy atom. The largest absolute Gasteiger partial charge is 0.393 e. The molecular formula is C19H26N4O2. The van der Waals surface area contributed by atoms with E-state index in [4.69, 9.17) is 15.6 Å². The highest BCUT2D eigenvalue weighted by Crippen LogP contribution is 2.26. The van der Waals surface area contributed by atoms with Crippen LogP contribution in [0.5, 0.6) is 0 Å². The second-order valence-corrected chi connectivity index (χ2v) is 6.28. The number of aliphatic hydroxyl groups is 1. The molecule has 0 radical (unpaired) electrons. The average molecular weight is 342 g/mol. The maximum Gasteiger partial charge on any atom is 0.152 e. The molecule has 2 heterocycles. The number of hydrogen-bond acceptors (Lipinski definition) is 5. The number of aliphatic hydroxyl groups excluding tert-OH is 1. The number of benzene rings is 1. The van der Waals surface area contributed by atoms with Crippen LogP contribution in [0.3, 0.4) is 0 Å². The minimum atomic E-state index is 0.0463. The molecule has 0 bridgehead atoms. The van der Waals surface area contributed by atoms with Crippen molar-refractivity contribution in [1.82, 2.24) is 14.5 Å². The number of hydrogen-bond donors (Lipinski definition) is 2. The number of nitrogens with zero attached hydrogens (tertiary/aromatic N) is 3. The maximum atomic E-state index is 8.73. The van der Waals surface area contributed by atoms with Crippen molar-refractivity contribution in [3.05, 3.63) is 30.6 Å². The van der Waals surface area contributed by atoms with Gasteiger partial charge >= 0.3 is 0 Å². The van der Waals surface area contributed by atoms with Gasteiger partial charge < -0.3 is 20.1 Å². The highest BCUT2D eigenvalue weighted by Gasteiger charge is 2.11. The first-order chi connectivity index (χ1) is 12.2. The van der Waals surface area contributed by atoms with Gasteiger partial charge in [-0.2, -0.15) is 0 Å². The monoisotopic (exact) mass is 342 g/mol. The molecule has 2 aromatic heterocycles. The fraction of sp³-hybridized carbons (Fsp3) is 0.474. The van der Waals surface area contributed by atoms with Crippen LogP contribution in [0.15, 0.2) is 30.6 Å². The van der Waals surface area contributed by atoms with E-state index in [0.717, 1.165) is 47.9 Å². The molecule has 3 N–H and O–H groups in total. The van der Waals surface area contributed by atoms with E-state index in [1.807, 2.05) is 31.2 Å². The standard InChI is InChI=1S/C14H16N4O.C5H10O/c1-2-19-8-7-18-9-16-12-13(18)10-5-3-4-6-11(10)17-14(12)15;6-5-3-1-2-4-5/h3-6,9H,2,7-8H2,1H3,(H2,15,17);5-6H,1-4H2. The van der Waals surface area contributed by atoms with Crippen LogP contribution >= 0.6 is 0 Å². The molecule has 0 unspecified atom stereocenters. The summed E-state index contributed by atoms with van der Waals surface area (Å²) >= 11 is 0. The number of aromatic nitrogens is 3. The molecule has 6 heteroatoms. The molecule has 0 spiro atoms. The molecule has 0 aliphatic heterocycles. The molecule has 1 saturated carbocycles. The van der Waals surface area contributed by atoms with E-state index in [9.17, 15) is 0 Å². The Hall–Kier alpha value is -2.18. The summed E-state index contributed by atoms with van der Waals surface area (Å²) in [5, 5.41) is 9.80. The number of rotatable bonds is 4. The van der Waals surface area contributed by atoms with E-state index in [2.05, 4.69) is 14.5 Å². The second-order valence-electron chi connectivity index (χ2n) is 6.28. The van der Waals surface area contributed by atoms with Crippen LogP contribution in [0.2, 0.25) is 0 Å². The van der Waals surface area contributed by atoms with E-state index < -0.39 is 0 Å². The molecule has 3 aromatic rings. The van der Waals surface area contributed by atoms with Crippen LogP contribution in [0.25, 0.3) is 21.9 Å². The number of pyridine rings is 1. The third-order valence-electron chi connectivity index (χ3n) is 4.49. The summed E-state index contributed by atoms with van der Waals surface area (Å²) in [7, 11) is 0. The predicted molar refractivity (Wildman–Crippen MR) is 100 cm³/mol. The van der Waals surface area contributed by atoms with E-state index >= 15 is 0 Å². The second kappa shape index (κ2) is 8.27. The zero-order valence-electron chi connectivity index (χ0n) is 14.7. The lowest BCUT2D eigenvalue weighted by Crippen LogP contribution is -2.05. The highest BCUT2D eigenvalue weighted by molar-refractivity contribution is 6.06. The highest BCUT2D eigenvalue weighted by atomic mass is 16.5. The van der Waals surface area contributed by atoms with Gasteiger partial charge in [-0.1, -0.05) is 31.0 Å². The minimum absolute atomic E-state index is 0.0463. The van der Waals surface area contributed by atoms with Crippen molar-refractivity contribution in [3.8, 4) is 0 Å². The van der Waals surface area contributed by atoms with E-state index in [1.165, 1.54) is 12.8 Å². The van der Waals surface area contributed by atoms with Gasteiger partial charge in [0.15, 0.2) is 5.82 Å². The van der Waals surface area contributed by atoms with E-state index in [-0.39, 0.29) is 6.10 Å². The van der Waals surface area contributed by atoms with Crippen LogP contribution in [-0.4, -0.2) is 39.0 Å². The molecule has 1 aromatic carbocycles. The number of nitrogens with two attached hydrogens (primary N) is 1. The van der Waals surface area contributed by atoms with Gasteiger partial charge in [-0.3, -0.25) is 0 Å². The summed E-state index contributed by atoms with van der Waals surface area (Å²) < 4.78 is 7.48. The van der Waals surface area contributed by atoms with Gasteiger partial charge in [0.05, 0.1) is 30.1 Å². The maximum absolute atomic E-state index is 8.73. The number of fused-ring (bicyclic) bond motifs is 3. The van der Waals surface area contributed by atoms with Gasteiger partial charge in [-0.15, -0.1) is 0 Å². The van der Waals surface area contributed by atoms with E-state index in [1.54, 1.807) is 6.33 Å². The molecule has 1 fully saturated rings. The smallest absolute Gasteiger partial charge is 0.152 e. The third-order valence-corrected chi connectivity index (χ3v) is 4.49. The van der Waals surface area contributed by atoms with Crippen molar-refractivity contribution in [2.45, 2.75) is 45.3 Å². The Morgan fingerprint density at radius 3 is 2.72 bits per heavy atom. The zero-order chi connectivity index (χ0) is 17.6. The van der Waals surface area contributed by atoms with Crippen molar-refractivity contribution >= 4 is 27.8 Å². The molecule has 0 amide bonds. The topological polar surface area (TPSA) is 86.2 Å². The lowest BCUT2D eigenvalue weighted by molar-refractivity contribution is 0.140. The lowest BCUT2D eigenvalue weighted by atomic mass is 10.2. The first-order valence-electron chi connectivity index (χ1n) is 8.95. The first kappa shape index (κ1) is 17.6. The van der Waals surface area contributed by atoms with Crippen LogP contribution in [-0.2, 0) is 11.3 Å². The number of anilines is 1. The van der Waals surface area contributed by atoms with Gasteiger partial charge in [0.1, 0.15) is 5.52 Å². The summed E-state index contributed by atoms with van der Waals surface area (Å²) in [6.07, 6.45) is 6.40. The Bertz CT molecular complexity index is 825. The number of imidazole rings is 1. The molecule has 4 rings (SSSR count). The Kier molecular flexibility index (Phi) is 5.83. The van der Waals surface area contributed by atoms with Crippen molar-refractivity contribution in [3.63, 3.8) is 0 Å². The predicted octanol–water partition coefficient (Wildman–Crippen LogP) is 3.12. The summed E-state index contributed by atoms with van der Waals surface area (Å²) in [4.78, 5) is 8.75. The lowest BCUT2D eigenvalue weighted by Gasteiger charge is -2.07. The molecule has 0 atom stereocenters. The van der Waals surface area contributed by atoms with E-state index in [0.29, 0.717) is 12.4 Å². The number of para-hydroxylation sites is 1. The fourth-order valence-corrected chi connectivity index (χ4v) is 3.19. The van der Waals surface area contributed by atoms with Gasteiger partial charge in [0.25, 0.3) is 0 Å². The summed E-state index contributed by atoms with van der Waals surface area (Å²) in [6, 6.07) is 7.97. The summed E-state index contributed by atoms with van der Waals surface area (Å²) in [5.74, 6) is 0.476. The van der Waals surface area contributed by atoms with Gasteiger partial charge in [-0.05, 0) is 25.8 Å². The molecule has 1 aliphatic rings. The first-order valence-corrected chi connectivity index (χ1v) is 8.95. The third kappa shape index (κ3) is 4.08. The van der Waals surface area contributed by atoms with Gasteiger partial charge in [-0.25, -0.2) is 9.97 Å².